The van der Waals surface area contributed by atoms with Gasteiger partial charge in [0, 0.05) is 18.3 Å². The summed E-state index contributed by atoms with van der Waals surface area (Å²) in [7, 11) is 0. The van der Waals surface area contributed by atoms with Gasteiger partial charge < -0.3 is 15.4 Å². The molecule has 3 amide bonds. The number of ether oxygens (including phenoxy) is 1. The molecule has 2 aromatic carbocycles. The Balaban J connectivity index is 1.37. The standard InChI is InChI=1S/C30H33N3O4/c1-19-10-6-9-15-22(19)33-25(27(35)32-21-13-7-8-14-21)30-17-16-29(2,37-30)23(24(30)28(33)36)26(34)31-18-20-11-4-3-5-12-20/h3-6,9-12,15-17,21,23-25H,7-8,13-14,18H2,1-2H3,(H,31,34)(H,32,35)/t23-,24+,25-,29+,30+/m0/s1. The normalized spacial score (nSPS) is 32.1. The Hall–Kier alpha value is -3.45. The quantitative estimate of drug-likeness (QED) is 0.597. The molecule has 37 heavy (non-hydrogen) atoms. The first-order valence-corrected chi connectivity index (χ1v) is 13.3. The lowest BCUT2D eigenvalue weighted by Gasteiger charge is -2.34. The van der Waals surface area contributed by atoms with Crippen LogP contribution in [0.25, 0.3) is 0 Å². The second kappa shape index (κ2) is 8.84. The zero-order chi connectivity index (χ0) is 25.8. The molecule has 2 saturated heterocycles. The number of rotatable bonds is 6. The van der Waals surface area contributed by atoms with Crippen LogP contribution in [-0.2, 0) is 25.7 Å². The summed E-state index contributed by atoms with van der Waals surface area (Å²) >= 11 is 0. The summed E-state index contributed by atoms with van der Waals surface area (Å²) < 4.78 is 6.62. The Labute approximate surface area is 217 Å². The van der Waals surface area contributed by atoms with Crippen molar-refractivity contribution < 1.29 is 19.1 Å². The molecule has 0 aromatic heterocycles. The molecule has 0 radical (unpaired) electrons. The van der Waals surface area contributed by atoms with E-state index in [1.165, 1.54) is 0 Å². The van der Waals surface area contributed by atoms with E-state index in [9.17, 15) is 14.4 Å². The van der Waals surface area contributed by atoms with E-state index in [-0.39, 0.29) is 23.8 Å². The number of amides is 3. The Bertz CT molecular complexity index is 1270. The van der Waals surface area contributed by atoms with E-state index in [0.29, 0.717) is 12.2 Å². The molecule has 5 atom stereocenters. The maximum absolute atomic E-state index is 14.3. The molecule has 7 heteroatoms. The topological polar surface area (TPSA) is 87.7 Å². The Morgan fingerprint density at radius 3 is 2.43 bits per heavy atom. The van der Waals surface area contributed by atoms with Gasteiger partial charge in [-0.1, -0.05) is 73.5 Å². The van der Waals surface area contributed by atoms with Crippen molar-refractivity contribution in [2.75, 3.05) is 4.90 Å². The van der Waals surface area contributed by atoms with Gasteiger partial charge in [-0.25, -0.2) is 0 Å². The molecule has 2 bridgehead atoms. The molecule has 192 valence electrons. The number of aryl methyl sites for hydroxylation is 1. The van der Waals surface area contributed by atoms with Crippen molar-refractivity contribution in [1.82, 2.24) is 10.6 Å². The highest BCUT2D eigenvalue weighted by molar-refractivity contribution is 6.10. The number of carbonyl (C=O) groups is 3. The lowest BCUT2D eigenvalue weighted by molar-refractivity contribution is -0.134. The van der Waals surface area contributed by atoms with Gasteiger partial charge in [0.05, 0.1) is 17.4 Å². The number of fused-ring (bicyclic) bond motifs is 1. The van der Waals surface area contributed by atoms with Gasteiger partial charge in [-0.3, -0.25) is 19.3 Å². The van der Waals surface area contributed by atoms with Gasteiger partial charge >= 0.3 is 0 Å². The third kappa shape index (κ3) is 3.71. The van der Waals surface area contributed by atoms with Gasteiger partial charge in [-0.05, 0) is 43.9 Å². The summed E-state index contributed by atoms with van der Waals surface area (Å²) in [6.45, 7) is 4.14. The zero-order valence-corrected chi connectivity index (χ0v) is 21.3. The van der Waals surface area contributed by atoms with Crippen LogP contribution in [0, 0.1) is 18.8 Å². The minimum absolute atomic E-state index is 0.0971. The fourth-order valence-corrected chi connectivity index (χ4v) is 6.87. The summed E-state index contributed by atoms with van der Waals surface area (Å²) in [4.78, 5) is 43.5. The van der Waals surface area contributed by atoms with E-state index in [1.54, 1.807) is 4.90 Å². The largest absolute Gasteiger partial charge is 0.356 e. The first-order chi connectivity index (χ1) is 17.8. The minimum atomic E-state index is -1.20. The van der Waals surface area contributed by atoms with Crippen LogP contribution >= 0.6 is 0 Å². The van der Waals surface area contributed by atoms with Gasteiger partial charge in [-0.15, -0.1) is 0 Å². The predicted molar refractivity (Wildman–Crippen MR) is 139 cm³/mol. The van der Waals surface area contributed by atoms with E-state index < -0.39 is 29.1 Å². The second-order valence-electron chi connectivity index (χ2n) is 11.0. The van der Waals surface area contributed by atoms with Gasteiger partial charge in [0.2, 0.25) is 17.7 Å². The third-order valence-corrected chi connectivity index (χ3v) is 8.61. The summed E-state index contributed by atoms with van der Waals surface area (Å²) in [5, 5.41) is 6.23. The van der Waals surface area contributed by atoms with Gasteiger partial charge in [0.15, 0.2) is 0 Å². The molecule has 3 aliphatic heterocycles. The van der Waals surface area contributed by atoms with Crippen LogP contribution in [0.15, 0.2) is 66.7 Å². The number of nitrogens with zero attached hydrogens (tertiary/aromatic N) is 1. The second-order valence-corrected chi connectivity index (χ2v) is 11.0. The van der Waals surface area contributed by atoms with E-state index in [4.69, 9.17) is 4.74 Å². The van der Waals surface area contributed by atoms with E-state index in [1.807, 2.05) is 80.6 Å². The van der Waals surface area contributed by atoms with Gasteiger partial charge in [0.25, 0.3) is 0 Å². The molecule has 2 N–H and O–H groups in total. The monoisotopic (exact) mass is 499 g/mol. The van der Waals surface area contributed by atoms with Crippen molar-refractivity contribution in [1.29, 1.82) is 0 Å². The summed E-state index contributed by atoms with van der Waals surface area (Å²) in [6.07, 6.45) is 7.79. The number of nitrogens with one attached hydrogen (secondary N) is 2. The summed E-state index contributed by atoms with van der Waals surface area (Å²) in [5.74, 6) is -2.24. The number of para-hydroxylation sites is 1. The van der Waals surface area contributed by atoms with Crippen molar-refractivity contribution in [3.8, 4) is 0 Å². The van der Waals surface area contributed by atoms with E-state index in [0.717, 1.165) is 36.8 Å². The van der Waals surface area contributed by atoms with Crippen LogP contribution in [-0.4, -0.2) is 41.0 Å². The van der Waals surface area contributed by atoms with Crippen LogP contribution in [0.2, 0.25) is 0 Å². The number of hydrogen-bond donors (Lipinski definition) is 2. The maximum atomic E-state index is 14.3. The molecule has 0 unspecified atom stereocenters. The fraction of sp³-hybridized carbons (Fsp3) is 0.433. The average Bonchev–Trinajstić information content (AvgIpc) is 3.63. The number of carbonyl (C=O) groups excluding carboxylic acids is 3. The van der Waals surface area contributed by atoms with Crippen LogP contribution in [0.1, 0.15) is 43.7 Å². The Morgan fingerprint density at radius 1 is 1.00 bits per heavy atom. The molecule has 6 rings (SSSR count). The predicted octanol–water partition coefficient (Wildman–Crippen LogP) is 3.42. The first-order valence-electron chi connectivity index (χ1n) is 13.3. The molecule has 1 aliphatic carbocycles. The first kappa shape index (κ1) is 23.9. The highest BCUT2D eigenvalue weighted by Crippen LogP contribution is 2.60. The van der Waals surface area contributed by atoms with Crippen LogP contribution < -0.4 is 15.5 Å². The molecular formula is C30H33N3O4. The van der Waals surface area contributed by atoms with E-state index >= 15 is 0 Å². The highest BCUT2D eigenvalue weighted by Gasteiger charge is 2.76. The molecule has 3 fully saturated rings. The van der Waals surface area contributed by atoms with Crippen molar-refractivity contribution in [3.63, 3.8) is 0 Å². The van der Waals surface area contributed by atoms with Gasteiger partial charge in [0.1, 0.15) is 11.6 Å². The summed E-state index contributed by atoms with van der Waals surface area (Å²) in [5.41, 5.74) is 0.372. The SMILES string of the molecule is Cc1ccccc1N1C(=O)[C@H]2[C@@H](C(=O)NCc3ccccc3)[C@@]3(C)C=C[C@]2(O3)[C@@H]1C(=O)NC1CCCC1. The smallest absolute Gasteiger partial charge is 0.246 e. The zero-order valence-electron chi connectivity index (χ0n) is 21.3. The molecule has 1 spiro atoms. The summed E-state index contributed by atoms with van der Waals surface area (Å²) in [6, 6.07) is 16.5. The van der Waals surface area contributed by atoms with Crippen LogP contribution in [0.5, 0.6) is 0 Å². The number of anilines is 1. The third-order valence-electron chi connectivity index (χ3n) is 8.61. The number of hydrogen-bond acceptors (Lipinski definition) is 4. The van der Waals surface area contributed by atoms with Crippen molar-refractivity contribution in [2.45, 2.75) is 69.4 Å². The van der Waals surface area contributed by atoms with Crippen molar-refractivity contribution >= 4 is 23.4 Å². The number of benzene rings is 2. The fourth-order valence-electron chi connectivity index (χ4n) is 6.87. The Kier molecular flexibility index (Phi) is 5.71. The lowest BCUT2D eigenvalue weighted by atomic mass is 9.70. The molecule has 3 heterocycles. The molecule has 7 nitrogen and oxygen atoms in total. The average molecular weight is 500 g/mol. The van der Waals surface area contributed by atoms with Gasteiger partial charge in [-0.2, -0.15) is 0 Å². The van der Waals surface area contributed by atoms with Crippen molar-refractivity contribution in [3.05, 3.63) is 77.9 Å². The molecule has 4 aliphatic rings. The van der Waals surface area contributed by atoms with Crippen LogP contribution in [0.3, 0.4) is 0 Å². The van der Waals surface area contributed by atoms with E-state index in [2.05, 4.69) is 10.6 Å². The Morgan fingerprint density at radius 2 is 1.70 bits per heavy atom. The highest BCUT2D eigenvalue weighted by atomic mass is 16.5. The molecule has 1 saturated carbocycles. The van der Waals surface area contributed by atoms with Crippen LogP contribution in [0.4, 0.5) is 5.69 Å². The molecular weight excluding hydrogens is 466 g/mol. The minimum Gasteiger partial charge on any atom is -0.356 e. The van der Waals surface area contributed by atoms with Crippen molar-refractivity contribution in [2.24, 2.45) is 11.8 Å². The lowest BCUT2D eigenvalue weighted by Crippen LogP contribution is -2.56. The molecule has 2 aromatic rings. The maximum Gasteiger partial charge on any atom is 0.246 e.